The van der Waals surface area contributed by atoms with Crippen molar-refractivity contribution in [2.24, 2.45) is 46.3 Å². The van der Waals surface area contributed by atoms with Crippen LogP contribution in [0.2, 0.25) is 0 Å². The summed E-state index contributed by atoms with van der Waals surface area (Å²) in [5, 5.41) is 175. The summed E-state index contributed by atoms with van der Waals surface area (Å²) >= 11 is 0. The molecular weight excluding hydrogens is 1130 g/mol. The summed E-state index contributed by atoms with van der Waals surface area (Å²) in [5.41, 5.74) is 0.516. The Morgan fingerprint density at radius 2 is 1.22 bits per heavy atom. The molecule has 8 aliphatic rings. The second kappa shape index (κ2) is 27.0. The Morgan fingerprint density at radius 1 is 0.635 bits per heavy atom. The average Bonchev–Trinajstić information content (AvgIpc) is 1.77. The number of nitrogens with one attached hydrogen (secondary N) is 1. The van der Waals surface area contributed by atoms with Gasteiger partial charge in [-0.25, -0.2) is 4.68 Å². The van der Waals surface area contributed by atoms with E-state index in [1.807, 2.05) is 0 Å². The highest BCUT2D eigenvalue weighted by Crippen LogP contribution is 2.69. The summed E-state index contributed by atoms with van der Waals surface area (Å²) in [7, 11) is 0. The standard InChI is InChI=1S/C55H90N6O24/c1-5-6-23(2)28-7-8-29-37-30(13-36(55(28,29)4)78-21-26-15-60(59-57-26)50-44(73)42(71)48(34(18-64)80-50)84-52-45(74)40(69)38(67)32(16-62)81-52)54(3)10-9-27(66)11-24(54)12-31(37)77-20-25-14-56-61(58-25)22-79-51-47(76)43(72)49(35(19-65)83-51)85-53-46(75)41(70)39(68)33(17-63)82-53/h14-15,23-24,27-53,62-76H,5-13,16-22H2,1-4H3/p+1/t23-,24+,27-,28-,29+,30+,31-,32?,33?,34?,35?,36+,37+,38-,39-,40+,41+,42-,43-,44?,45?,46?,47?,48-,49-,50-,51-,52-,53-,54+,55-/m1/s1. The van der Waals surface area contributed by atoms with Gasteiger partial charge in [0, 0.05) is 10.5 Å². The van der Waals surface area contributed by atoms with Gasteiger partial charge in [0.25, 0.3) is 0 Å². The molecule has 6 heterocycles. The summed E-state index contributed by atoms with van der Waals surface area (Å²) in [4.78, 5) is 1.35. The molecule has 484 valence electrons. The van der Waals surface area contributed by atoms with E-state index in [1.165, 1.54) is 9.48 Å². The molecule has 0 amide bonds. The molecule has 85 heavy (non-hydrogen) atoms. The number of fused-ring (bicyclic) bond motifs is 5. The lowest BCUT2D eigenvalue weighted by atomic mass is 9.43. The zero-order chi connectivity index (χ0) is 61.0. The fourth-order valence-corrected chi connectivity index (χ4v) is 16.2. The van der Waals surface area contributed by atoms with Crippen molar-refractivity contribution in [1.82, 2.24) is 24.9 Å². The zero-order valence-electron chi connectivity index (χ0n) is 48.3. The van der Waals surface area contributed by atoms with Crippen LogP contribution in [-0.4, -0.2) is 263 Å². The molecule has 30 nitrogen and oxygen atoms in total. The molecule has 0 spiro atoms. The molecule has 8 unspecified atom stereocenters. The first-order valence-electron chi connectivity index (χ1n) is 30.1. The number of H-pyrrole nitrogens is 1. The molecule has 4 aliphatic heterocycles. The number of aliphatic hydroxyl groups is 15. The van der Waals surface area contributed by atoms with Gasteiger partial charge in [0.05, 0.1) is 57.5 Å². The van der Waals surface area contributed by atoms with E-state index in [-0.39, 0.29) is 66.7 Å². The maximum Gasteiger partial charge on any atom is 0.244 e. The molecule has 0 bridgehead atoms. The zero-order valence-corrected chi connectivity index (χ0v) is 48.3. The lowest BCUT2D eigenvalue weighted by Gasteiger charge is -2.64. The Kier molecular flexibility index (Phi) is 20.8. The van der Waals surface area contributed by atoms with E-state index < -0.39 is 155 Å². The predicted molar refractivity (Wildman–Crippen MR) is 281 cm³/mol. The quantitative estimate of drug-likeness (QED) is 0.0556. The third-order valence-electron chi connectivity index (χ3n) is 20.8. The molecule has 4 aliphatic carbocycles. The maximum absolute atomic E-state index is 11.4. The molecule has 31 atom stereocenters. The molecule has 0 radical (unpaired) electrons. The maximum atomic E-state index is 11.4. The second-order valence-electron chi connectivity index (χ2n) is 25.6. The summed E-state index contributed by atoms with van der Waals surface area (Å²) in [6.45, 7) is 6.26. The predicted octanol–water partition coefficient (Wildman–Crippen LogP) is -5.17. The number of aromatic nitrogens is 6. The lowest BCUT2D eigenvalue weighted by molar-refractivity contribution is -0.511. The van der Waals surface area contributed by atoms with Gasteiger partial charge in [0.2, 0.25) is 12.4 Å². The number of ether oxygens (including phenoxy) is 9. The molecule has 4 saturated carbocycles. The lowest BCUT2D eigenvalue weighted by Crippen LogP contribution is -2.64. The first-order chi connectivity index (χ1) is 40.6. The fourth-order valence-electron chi connectivity index (χ4n) is 16.2. The summed E-state index contributed by atoms with van der Waals surface area (Å²) in [5.74, 6) is 1.30. The molecule has 2 aromatic rings. The van der Waals surface area contributed by atoms with E-state index in [1.54, 1.807) is 12.4 Å². The van der Waals surface area contributed by atoms with Crippen LogP contribution in [0.4, 0.5) is 0 Å². The highest BCUT2D eigenvalue weighted by molar-refractivity contribution is 5.16. The Labute approximate surface area is 491 Å². The Hall–Kier alpha value is -2.68. The van der Waals surface area contributed by atoms with Crippen molar-refractivity contribution < 1.29 is 124 Å². The number of rotatable bonds is 21. The Balaban J connectivity index is 0.812. The molecule has 2 aromatic heterocycles. The van der Waals surface area contributed by atoms with E-state index in [0.717, 1.165) is 44.9 Å². The number of aromatic amines is 1. The van der Waals surface area contributed by atoms with Gasteiger partial charge < -0.3 is 119 Å². The largest absolute Gasteiger partial charge is 0.394 e. The van der Waals surface area contributed by atoms with Crippen molar-refractivity contribution >= 4 is 0 Å². The minimum atomic E-state index is -1.81. The molecular formula is C55H91N6O24+. The highest BCUT2D eigenvalue weighted by atomic mass is 16.7. The van der Waals surface area contributed by atoms with Crippen molar-refractivity contribution in [3.63, 3.8) is 0 Å². The van der Waals surface area contributed by atoms with Crippen LogP contribution in [0, 0.1) is 46.3 Å². The van der Waals surface area contributed by atoms with Crippen LogP contribution in [0.3, 0.4) is 0 Å². The van der Waals surface area contributed by atoms with Crippen LogP contribution in [0.15, 0.2) is 12.4 Å². The van der Waals surface area contributed by atoms with Gasteiger partial charge in [-0.1, -0.05) is 45.7 Å². The first-order valence-corrected chi connectivity index (χ1v) is 30.1. The minimum Gasteiger partial charge on any atom is -0.394 e. The second-order valence-corrected chi connectivity index (χ2v) is 25.6. The summed E-state index contributed by atoms with van der Waals surface area (Å²) in [6.07, 6.45) is -21.9. The molecule has 30 heteroatoms. The van der Waals surface area contributed by atoms with Gasteiger partial charge in [0.1, 0.15) is 110 Å². The molecule has 16 N–H and O–H groups in total. The van der Waals surface area contributed by atoms with Crippen molar-refractivity contribution in [2.75, 3.05) is 26.4 Å². The molecule has 0 aromatic carbocycles. The number of hydrogen-bond donors (Lipinski definition) is 15. The monoisotopic (exact) mass is 1220 g/mol. The normalized spacial score (nSPS) is 47.9. The van der Waals surface area contributed by atoms with Crippen LogP contribution in [0.5, 0.6) is 0 Å². The van der Waals surface area contributed by atoms with E-state index in [0.29, 0.717) is 36.1 Å². The van der Waals surface area contributed by atoms with Gasteiger partial charge in [-0.2, -0.15) is 5.10 Å². The van der Waals surface area contributed by atoms with E-state index >= 15 is 0 Å². The third-order valence-corrected chi connectivity index (χ3v) is 20.8. The van der Waals surface area contributed by atoms with Crippen molar-refractivity contribution in [3.05, 3.63) is 23.8 Å². The molecule has 4 saturated heterocycles. The Bertz CT molecular complexity index is 2450. The highest BCUT2D eigenvalue weighted by Gasteiger charge is 2.67. The SMILES string of the molecule is CCC[C@@H](C)[C@H]1CC[C@H]2[C@@H]3[C@H](OCc4c[nH+]n(CO[C@@H]5OC(CO)[C@@H](O[C@H]6OC(CO)[C@@H](O)[C@H](O)C6O)[C@H](O)C5O)n4)C[C@@H]4C[C@H](O)CC[C@]4(C)[C@H]3C[C@H](OCc3cn([C@@H]4OC(CO)[C@@H](O[C@H]5OC(CO)[C@@H](O)[C@H](O)C5O)[C@H](O)C4O)nn3)[C@]12C. The van der Waals surface area contributed by atoms with Crippen molar-refractivity contribution in [3.8, 4) is 0 Å². The molecule has 10 rings (SSSR count). The smallest absolute Gasteiger partial charge is 0.244 e. The molecule has 8 fully saturated rings. The third kappa shape index (κ3) is 12.5. The van der Waals surface area contributed by atoms with Gasteiger partial charge in [0.15, 0.2) is 31.3 Å². The Morgan fingerprint density at radius 3 is 1.85 bits per heavy atom. The topological polar surface area (TPSA) is 449 Å². The fraction of sp³-hybridized carbons (Fsp3) is 0.927. The van der Waals surface area contributed by atoms with Crippen LogP contribution in [0.25, 0.3) is 0 Å². The van der Waals surface area contributed by atoms with Crippen LogP contribution >= 0.6 is 0 Å². The van der Waals surface area contributed by atoms with Crippen molar-refractivity contribution in [1.29, 1.82) is 0 Å². The van der Waals surface area contributed by atoms with Gasteiger partial charge >= 0.3 is 0 Å². The number of hydrogen-bond acceptors (Lipinski definition) is 27. The number of nitrogens with zero attached hydrogens (tertiary/aromatic N) is 5. The number of aliphatic hydroxyl groups excluding tert-OH is 15. The van der Waals surface area contributed by atoms with Gasteiger partial charge in [-0.15, -0.1) is 5.10 Å². The van der Waals surface area contributed by atoms with E-state index in [9.17, 15) is 76.6 Å². The average molecular weight is 1220 g/mol. The van der Waals surface area contributed by atoms with Crippen LogP contribution < -0.4 is 5.10 Å². The summed E-state index contributed by atoms with van der Waals surface area (Å²) in [6, 6.07) is 0. The van der Waals surface area contributed by atoms with E-state index in [2.05, 4.69) is 48.2 Å². The van der Waals surface area contributed by atoms with Crippen molar-refractivity contribution in [2.45, 2.75) is 247 Å². The van der Waals surface area contributed by atoms with Crippen LogP contribution in [-0.2, 0) is 62.6 Å². The van der Waals surface area contributed by atoms with Crippen LogP contribution in [0.1, 0.15) is 103 Å². The minimum absolute atomic E-state index is 0.0491. The van der Waals surface area contributed by atoms with Gasteiger partial charge in [-0.05, 0) is 90.7 Å². The first kappa shape index (κ1) is 65.3. The van der Waals surface area contributed by atoms with Gasteiger partial charge in [-0.3, -0.25) is 0 Å². The van der Waals surface area contributed by atoms with E-state index in [4.69, 9.17) is 42.6 Å². The summed E-state index contributed by atoms with van der Waals surface area (Å²) < 4.78 is 55.4.